The lowest BCUT2D eigenvalue weighted by Crippen LogP contribution is -2.37. The molecule has 6 aromatic rings. The maximum absolute atomic E-state index is 10.8. The van der Waals surface area contributed by atoms with Gasteiger partial charge >= 0.3 is 0 Å². The van der Waals surface area contributed by atoms with Crippen molar-refractivity contribution in [1.29, 1.82) is 0 Å². The number of phenolic OH excluding ortho intramolecular Hbond substituents is 1. The van der Waals surface area contributed by atoms with Gasteiger partial charge in [-0.05, 0) is 70.0 Å². The fourth-order valence-corrected chi connectivity index (χ4v) is 6.87. The highest BCUT2D eigenvalue weighted by molar-refractivity contribution is 7.98. The number of aromatic nitrogens is 1. The highest BCUT2D eigenvalue weighted by atomic mass is 32.2. The molecule has 0 radical (unpaired) electrons. The van der Waals surface area contributed by atoms with E-state index in [4.69, 9.17) is 0 Å². The molecular formula is C35H27NOS. The third-order valence-electron chi connectivity index (χ3n) is 8.02. The van der Waals surface area contributed by atoms with Crippen LogP contribution in [0.3, 0.4) is 0 Å². The van der Waals surface area contributed by atoms with Gasteiger partial charge in [0.25, 0.3) is 0 Å². The van der Waals surface area contributed by atoms with Gasteiger partial charge in [0.2, 0.25) is 0 Å². The summed E-state index contributed by atoms with van der Waals surface area (Å²) in [5.74, 6) is 0.257. The van der Waals surface area contributed by atoms with Crippen LogP contribution < -0.4 is 0 Å². The summed E-state index contributed by atoms with van der Waals surface area (Å²) in [5, 5.41) is 12.1. The minimum absolute atomic E-state index is 0.0281. The number of hydrogen-bond acceptors (Lipinski definition) is 2. The van der Waals surface area contributed by atoms with E-state index in [1.54, 1.807) is 11.8 Å². The van der Waals surface area contributed by atoms with Crippen LogP contribution in [0.4, 0.5) is 0 Å². The average molecular weight is 510 g/mol. The van der Waals surface area contributed by atoms with E-state index < -0.39 is 5.41 Å². The topological polar surface area (TPSA) is 36.0 Å². The predicted octanol–water partition coefficient (Wildman–Crippen LogP) is 8.47. The summed E-state index contributed by atoms with van der Waals surface area (Å²) in [4.78, 5) is 5.15. The maximum Gasteiger partial charge on any atom is 0.115 e. The van der Waals surface area contributed by atoms with Gasteiger partial charge in [-0.3, -0.25) is 0 Å². The lowest BCUT2D eigenvalue weighted by atomic mass is 9.59. The SMILES string of the molecule is CSc1ccc(C2c3cc(O)ccc3C(c3ccccc3)(c3ccccc3)c3[nH]c4ccccc4c32)cc1. The monoisotopic (exact) mass is 509 g/mol. The number of rotatable bonds is 4. The maximum atomic E-state index is 10.8. The van der Waals surface area contributed by atoms with Crippen molar-refractivity contribution in [3.8, 4) is 5.75 Å². The Bertz CT molecular complexity index is 1710. The first-order valence-electron chi connectivity index (χ1n) is 12.9. The van der Waals surface area contributed by atoms with Gasteiger partial charge in [0.15, 0.2) is 0 Å². The van der Waals surface area contributed by atoms with Crippen LogP contribution in [0, 0.1) is 0 Å². The first-order valence-corrected chi connectivity index (χ1v) is 14.1. The molecule has 0 saturated carbocycles. The minimum Gasteiger partial charge on any atom is -0.508 e. The van der Waals surface area contributed by atoms with Crippen LogP contribution in [0.15, 0.2) is 132 Å². The van der Waals surface area contributed by atoms with E-state index in [2.05, 4.69) is 127 Å². The van der Waals surface area contributed by atoms with Crippen molar-refractivity contribution in [1.82, 2.24) is 4.98 Å². The fourth-order valence-electron chi connectivity index (χ4n) is 6.47. The number of nitrogens with one attached hydrogen (secondary N) is 1. The van der Waals surface area contributed by atoms with E-state index in [0.717, 1.165) is 11.1 Å². The van der Waals surface area contributed by atoms with Gasteiger partial charge in [0.05, 0.1) is 5.41 Å². The quantitative estimate of drug-likeness (QED) is 0.233. The van der Waals surface area contributed by atoms with Gasteiger partial charge in [-0.15, -0.1) is 11.8 Å². The van der Waals surface area contributed by atoms with Crippen LogP contribution in [0.25, 0.3) is 10.9 Å². The summed E-state index contributed by atoms with van der Waals surface area (Å²) in [5.41, 5.74) is 8.93. The number of thioether (sulfide) groups is 1. The van der Waals surface area contributed by atoms with E-state index in [-0.39, 0.29) is 11.7 Å². The van der Waals surface area contributed by atoms with Crippen molar-refractivity contribution in [2.75, 3.05) is 6.26 Å². The van der Waals surface area contributed by atoms with Crippen LogP contribution in [0.5, 0.6) is 5.75 Å². The average Bonchev–Trinajstić information content (AvgIpc) is 3.36. The third-order valence-corrected chi connectivity index (χ3v) is 8.77. The van der Waals surface area contributed by atoms with Crippen LogP contribution in [0.1, 0.15) is 45.0 Å². The van der Waals surface area contributed by atoms with E-state index in [1.807, 2.05) is 12.1 Å². The molecule has 3 heteroatoms. The number of H-pyrrole nitrogens is 1. The molecule has 0 bridgehead atoms. The molecule has 1 atom stereocenters. The summed E-state index contributed by atoms with van der Waals surface area (Å²) in [6.45, 7) is 0. The smallest absolute Gasteiger partial charge is 0.115 e. The molecule has 184 valence electrons. The Morgan fingerprint density at radius 1 is 0.711 bits per heavy atom. The Labute approximate surface area is 227 Å². The Morgan fingerprint density at radius 2 is 1.34 bits per heavy atom. The molecule has 1 aliphatic carbocycles. The number of fused-ring (bicyclic) bond motifs is 4. The molecule has 2 N–H and O–H groups in total. The fraction of sp³-hybridized carbons (Fsp3) is 0.0857. The van der Waals surface area contributed by atoms with Crippen molar-refractivity contribution in [2.24, 2.45) is 0 Å². The van der Waals surface area contributed by atoms with Crippen molar-refractivity contribution in [3.05, 3.63) is 166 Å². The molecule has 1 heterocycles. The largest absolute Gasteiger partial charge is 0.508 e. The highest BCUT2D eigenvalue weighted by Gasteiger charge is 2.48. The second kappa shape index (κ2) is 8.97. The molecular weight excluding hydrogens is 482 g/mol. The van der Waals surface area contributed by atoms with Gasteiger partial charge in [-0.2, -0.15) is 0 Å². The molecule has 0 amide bonds. The lowest BCUT2D eigenvalue weighted by molar-refractivity contribution is 0.473. The highest BCUT2D eigenvalue weighted by Crippen LogP contribution is 2.57. The first-order chi connectivity index (χ1) is 18.7. The van der Waals surface area contributed by atoms with Gasteiger partial charge < -0.3 is 10.1 Å². The van der Waals surface area contributed by atoms with Crippen LogP contribution in [-0.2, 0) is 5.41 Å². The molecule has 0 spiro atoms. The van der Waals surface area contributed by atoms with Crippen LogP contribution in [0.2, 0.25) is 0 Å². The summed E-state index contributed by atoms with van der Waals surface area (Å²) in [7, 11) is 0. The Hall–Kier alpha value is -4.21. The van der Waals surface area contributed by atoms with E-state index in [0.29, 0.717) is 0 Å². The number of para-hydroxylation sites is 1. The van der Waals surface area contributed by atoms with Crippen LogP contribution >= 0.6 is 11.8 Å². The zero-order chi connectivity index (χ0) is 25.7. The zero-order valence-electron chi connectivity index (χ0n) is 21.1. The van der Waals surface area contributed by atoms with Gasteiger partial charge in [-0.1, -0.05) is 97.1 Å². The molecule has 1 aromatic heterocycles. The number of aromatic hydroxyl groups is 1. The number of phenols is 1. The predicted molar refractivity (Wildman–Crippen MR) is 157 cm³/mol. The van der Waals surface area contributed by atoms with Gasteiger partial charge in [-0.25, -0.2) is 0 Å². The molecule has 2 nitrogen and oxygen atoms in total. The van der Waals surface area contributed by atoms with E-state index in [1.165, 1.54) is 43.8 Å². The zero-order valence-corrected chi connectivity index (χ0v) is 21.9. The number of aromatic amines is 1. The second-order valence-electron chi connectivity index (χ2n) is 9.92. The normalized spacial score (nSPS) is 15.7. The summed E-state index contributed by atoms with van der Waals surface area (Å²) in [6.07, 6.45) is 2.11. The lowest BCUT2D eigenvalue weighted by Gasteiger charge is -2.43. The van der Waals surface area contributed by atoms with Crippen molar-refractivity contribution in [2.45, 2.75) is 16.2 Å². The first kappa shape index (κ1) is 22.9. The van der Waals surface area contributed by atoms with E-state index >= 15 is 0 Å². The summed E-state index contributed by atoms with van der Waals surface area (Å²) in [6, 6.07) is 45.0. The van der Waals surface area contributed by atoms with Crippen LogP contribution in [-0.4, -0.2) is 16.3 Å². The molecule has 0 saturated heterocycles. The molecule has 0 fully saturated rings. The standard InChI is InChI=1S/C35H27NOS/c1-38-27-19-16-23(17-20-27)32-29-22-26(37)18-21-30(29)35(24-10-4-2-5-11-24,25-12-6-3-7-13-25)34-33(32)28-14-8-9-15-31(28)36-34/h2-22,32,36-37H,1H3. The Balaban J connectivity index is 1.67. The Morgan fingerprint density at radius 3 is 2.00 bits per heavy atom. The van der Waals surface area contributed by atoms with Gasteiger partial charge in [0.1, 0.15) is 5.75 Å². The molecule has 0 aliphatic heterocycles. The molecule has 38 heavy (non-hydrogen) atoms. The molecule has 1 aliphatic rings. The number of hydrogen-bond donors (Lipinski definition) is 2. The summed E-state index contributed by atoms with van der Waals surface area (Å²) < 4.78 is 0. The second-order valence-corrected chi connectivity index (χ2v) is 10.8. The molecule has 5 aromatic carbocycles. The van der Waals surface area contributed by atoms with Gasteiger partial charge in [0, 0.05) is 27.4 Å². The van der Waals surface area contributed by atoms with E-state index in [9.17, 15) is 5.11 Å². The molecule has 7 rings (SSSR count). The third kappa shape index (κ3) is 3.28. The molecule has 1 unspecified atom stereocenters. The van der Waals surface area contributed by atoms with Crippen molar-refractivity contribution in [3.63, 3.8) is 0 Å². The Kier molecular flexibility index (Phi) is 5.41. The number of benzene rings is 5. The minimum atomic E-state index is -0.574. The summed E-state index contributed by atoms with van der Waals surface area (Å²) >= 11 is 1.75. The van der Waals surface area contributed by atoms with Crippen molar-refractivity contribution >= 4 is 22.7 Å². The van der Waals surface area contributed by atoms with Crippen molar-refractivity contribution < 1.29 is 5.11 Å².